The molecule has 0 bridgehead atoms. The first-order chi connectivity index (χ1) is 17.6. The zero-order valence-corrected chi connectivity index (χ0v) is 21.3. The number of alkyl halides is 3. The Morgan fingerprint density at radius 1 is 1.16 bits per heavy atom. The number of rotatable bonds is 7. The Morgan fingerprint density at radius 2 is 1.95 bits per heavy atom. The van der Waals surface area contributed by atoms with E-state index in [1.165, 1.54) is 16.6 Å². The van der Waals surface area contributed by atoms with Crippen LogP contribution in [0.2, 0.25) is 0 Å². The van der Waals surface area contributed by atoms with Crippen LogP contribution in [-0.4, -0.2) is 71.5 Å². The molecule has 9 nitrogen and oxygen atoms in total. The minimum Gasteiger partial charge on any atom is -0.366 e. The second-order valence-electron chi connectivity index (χ2n) is 8.70. The molecule has 0 amide bonds. The lowest BCUT2D eigenvalue weighted by molar-refractivity contribution is -0.136. The van der Waals surface area contributed by atoms with Crippen LogP contribution in [-0.2, 0) is 16.2 Å². The SMILES string of the molecule is CC(CN1CCN(S(=O)(=O)c2cc(-c3ccno3)cs2)CC1)Nc1ncnc2c(C(F)(F)F)cccc12. The summed E-state index contributed by atoms with van der Waals surface area (Å²) in [6.07, 6.45) is -1.89. The number of hydrogen-bond donors (Lipinski definition) is 1. The largest absolute Gasteiger partial charge is 0.418 e. The lowest BCUT2D eigenvalue weighted by atomic mass is 10.1. The smallest absolute Gasteiger partial charge is 0.366 e. The summed E-state index contributed by atoms with van der Waals surface area (Å²) in [6, 6.07) is 7.01. The van der Waals surface area contributed by atoms with E-state index in [-0.39, 0.29) is 15.8 Å². The van der Waals surface area contributed by atoms with Crippen molar-refractivity contribution in [1.29, 1.82) is 0 Å². The second-order valence-corrected chi connectivity index (χ2v) is 11.8. The van der Waals surface area contributed by atoms with E-state index in [0.29, 0.717) is 55.3 Å². The summed E-state index contributed by atoms with van der Waals surface area (Å²) in [5.74, 6) is 0.833. The molecule has 4 heterocycles. The minimum absolute atomic E-state index is 0.154. The van der Waals surface area contributed by atoms with Crippen LogP contribution in [0.1, 0.15) is 12.5 Å². The molecule has 37 heavy (non-hydrogen) atoms. The number of aromatic nitrogens is 3. The third kappa shape index (κ3) is 5.32. The van der Waals surface area contributed by atoms with E-state index in [1.54, 1.807) is 23.6 Å². The zero-order chi connectivity index (χ0) is 26.2. The maximum absolute atomic E-state index is 13.4. The molecule has 1 atom stereocenters. The summed E-state index contributed by atoms with van der Waals surface area (Å²) < 4.78 is 73.2. The van der Waals surface area contributed by atoms with E-state index in [4.69, 9.17) is 4.52 Å². The molecule has 1 saturated heterocycles. The molecular formula is C23H23F3N6O3S2. The molecule has 1 aliphatic heterocycles. The molecule has 0 spiro atoms. The maximum Gasteiger partial charge on any atom is 0.418 e. The lowest BCUT2D eigenvalue weighted by Gasteiger charge is -2.35. The van der Waals surface area contributed by atoms with Crippen LogP contribution in [0, 0.1) is 0 Å². The number of halogens is 3. The van der Waals surface area contributed by atoms with E-state index in [2.05, 4.69) is 25.3 Å². The first-order valence-corrected chi connectivity index (χ1v) is 13.7. The normalized spacial score (nSPS) is 16.8. The highest BCUT2D eigenvalue weighted by Gasteiger charge is 2.34. The van der Waals surface area contributed by atoms with Crippen molar-refractivity contribution in [2.75, 3.05) is 38.0 Å². The van der Waals surface area contributed by atoms with Crippen molar-refractivity contribution in [3.8, 4) is 11.3 Å². The van der Waals surface area contributed by atoms with Crippen LogP contribution in [0.3, 0.4) is 0 Å². The highest BCUT2D eigenvalue weighted by Crippen LogP contribution is 2.35. The fourth-order valence-electron chi connectivity index (χ4n) is 4.32. The van der Waals surface area contributed by atoms with Crippen LogP contribution in [0.15, 0.2) is 57.0 Å². The van der Waals surface area contributed by atoms with Gasteiger partial charge in [0.2, 0.25) is 0 Å². The van der Waals surface area contributed by atoms with E-state index < -0.39 is 21.8 Å². The van der Waals surface area contributed by atoms with E-state index in [9.17, 15) is 21.6 Å². The van der Waals surface area contributed by atoms with Gasteiger partial charge in [0.1, 0.15) is 16.4 Å². The van der Waals surface area contributed by atoms with E-state index in [1.807, 2.05) is 6.92 Å². The van der Waals surface area contributed by atoms with Crippen molar-refractivity contribution in [3.63, 3.8) is 0 Å². The molecule has 0 saturated carbocycles. The van der Waals surface area contributed by atoms with E-state index in [0.717, 1.165) is 23.7 Å². The second kappa shape index (κ2) is 10.0. The Kier molecular flexibility index (Phi) is 6.91. The molecule has 1 aliphatic rings. The van der Waals surface area contributed by atoms with Crippen LogP contribution in [0.25, 0.3) is 22.2 Å². The molecular weight excluding hydrogens is 529 g/mol. The minimum atomic E-state index is -4.52. The highest BCUT2D eigenvalue weighted by molar-refractivity contribution is 7.91. The number of para-hydroxylation sites is 1. The number of nitrogens with zero attached hydrogens (tertiary/aromatic N) is 5. The summed E-state index contributed by atoms with van der Waals surface area (Å²) >= 11 is 1.14. The molecule has 0 radical (unpaired) electrons. The third-order valence-corrected chi connectivity index (χ3v) is 9.42. The van der Waals surface area contributed by atoms with Gasteiger partial charge in [-0.05, 0) is 25.1 Å². The van der Waals surface area contributed by atoms with Crippen molar-refractivity contribution in [3.05, 3.63) is 53.8 Å². The molecule has 1 fully saturated rings. The summed E-state index contributed by atoms with van der Waals surface area (Å²) in [5, 5.41) is 8.86. The highest BCUT2D eigenvalue weighted by atomic mass is 32.2. The van der Waals surface area contributed by atoms with Gasteiger partial charge in [-0.25, -0.2) is 18.4 Å². The predicted molar refractivity (Wildman–Crippen MR) is 133 cm³/mol. The first kappa shape index (κ1) is 25.6. The number of anilines is 1. The molecule has 5 rings (SSSR count). The van der Waals surface area contributed by atoms with Crippen molar-refractivity contribution in [2.24, 2.45) is 0 Å². The van der Waals surface area contributed by atoms with Gasteiger partial charge in [-0.1, -0.05) is 11.2 Å². The van der Waals surface area contributed by atoms with Crippen molar-refractivity contribution in [1.82, 2.24) is 24.3 Å². The summed E-state index contributed by atoms with van der Waals surface area (Å²) in [7, 11) is -3.63. The molecule has 14 heteroatoms. The zero-order valence-electron chi connectivity index (χ0n) is 19.6. The van der Waals surface area contributed by atoms with Gasteiger partial charge in [0, 0.05) is 61.2 Å². The molecule has 1 aromatic carbocycles. The third-order valence-electron chi connectivity index (χ3n) is 6.11. The van der Waals surface area contributed by atoms with Gasteiger partial charge in [-0.3, -0.25) is 4.90 Å². The Bertz CT molecular complexity index is 1480. The molecule has 3 aromatic heterocycles. The fourth-order valence-corrected chi connectivity index (χ4v) is 7.07. The quantitative estimate of drug-likeness (QED) is 0.364. The van der Waals surface area contributed by atoms with Gasteiger partial charge < -0.3 is 9.84 Å². The van der Waals surface area contributed by atoms with Crippen molar-refractivity contribution >= 4 is 38.1 Å². The first-order valence-electron chi connectivity index (χ1n) is 11.4. The van der Waals surface area contributed by atoms with Crippen LogP contribution in [0.5, 0.6) is 0 Å². The van der Waals surface area contributed by atoms with Gasteiger partial charge >= 0.3 is 6.18 Å². The lowest BCUT2D eigenvalue weighted by Crippen LogP contribution is -2.50. The average molecular weight is 553 g/mol. The number of fused-ring (bicyclic) bond motifs is 1. The summed E-state index contributed by atoms with van der Waals surface area (Å²) in [4.78, 5) is 10.1. The average Bonchev–Trinajstić information content (AvgIpc) is 3.56. The van der Waals surface area contributed by atoms with Gasteiger partial charge in [-0.15, -0.1) is 11.3 Å². The van der Waals surface area contributed by atoms with Crippen molar-refractivity contribution in [2.45, 2.75) is 23.4 Å². The Balaban J connectivity index is 1.21. The summed E-state index contributed by atoms with van der Waals surface area (Å²) in [5.41, 5.74) is -0.295. The van der Waals surface area contributed by atoms with Gasteiger partial charge in [-0.2, -0.15) is 17.5 Å². The van der Waals surface area contributed by atoms with Gasteiger partial charge in [0.15, 0.2) is 5.76 Å². The Hall–Kier alpha value is -3.07. The maximum atomic E-state index is 13.4. The van der Waals surface area contributed by atoms with Crippen LogP contribution >= 0.6 is 11.3 Å². The van der Waals surface area contributed by atoms with Gasteiger partial charge in [0.05, 0.1) is 17.3 Å². The number of piperazine rings is 1. The number of nitrogens with one attached hydrogen (secondary N) is 1. The fraction of sp³-hybridized carbons (Fsp3) is 0.348. The summed E-state index contributed by atoms with van der Waals surface area (Å²) in [6.45, 7) is 4.17. The topological polar surface area (TPSA) is 104 Å². The van der Waals surface area contributed by atoms with Crippen LogP contribution in [0.4, 0.5) is 19.0 Å². The molecule has 196 valence electrons. The molecule has 1 N–H and O–H groups in total. The Labute approximate surface area is 215 Å². The molecule has 4 aromatic rings. The number of hydrogen-bond acceptors (Lipinski definition) is 9. The number of sulfonamides is 1. The molecule has 0 aliphatic carbocycles. The number of thiophene rings is 1. The molecule has 1 unspecified atom stereocenters. The Morgan fingerprint density at radius 3 is 2.65 bits per heavy atom. The number of benzene rings is 1. The van der Waals surface area contributed by atoms with Gasteiger partial charge in [0.25, 0.3) is 10.0 Å². The van der Waals surface area contributed by atoms with Crippen LogP contribution < -0.4 is 5.32 Å². The predicted octanol–water partition coefficient (Wildman–Crippen LogP) is 4.17. The standard InChI is InChI=1S/C23H23F3N6O3S2/c1-15(30-22-17-3-2-4-18(23(24,25)26)21(17)27-14-28-22)12-31-7-9-32(10-8-31)37(33,34)20-11-16(13-36-20)19-5-6-29-35-19/h2-6,11,13-15H,7-10,12H2,1H3,(H,27,28,30). The van der Waals surface area contributed by atoms with E-state index >= 15 is 0 Å². The van der Waals surface area contributed by atoms with Crippen molar-refractivity contribution < 1.29 is 26.1 Å². The monoisotopic (exact) mass is 552 g/mol.